The van der Waals surface area contributed by atoms with Gasteiger partial charge < -0.3 is 0 Å². The molecule has 19 heavy (non-hydrogen) atoms. The SMILES string of the molecule is CCCCCCCC(=O)NC(=O)CCCCCCC. The van der Waals surface area contributed by atoms with Crippen molar-refractivity contribution in [3.8, 4) is 0 Å². The number of imide groups is 1. The van der Waals surface area contributed by atoms with Gasteiger partial charge in [-0.1, -0.05) is 65.2 Å². The van der Waals surface area contributed by atoms with Crippen LogP contribution in [-0.4, -0.2) is 11.8 Å². The molecule has 0 rings (SSSR count). The first-order valence-corrected chi connectivity index (χ1v) is 8.03. The van der Waals surface area contributed by atoms with E-state index in [-0.39, 0.29) is 11.8 Å². The molecule has 0 fully saturated rings. The molecule has 1 N–H and O–H groups in total. The summed E-state index contributed by atoms with van der Waals surface area (Å²) in [6.07, 6.45) is 12.2. The van der Waals surface area contributed by atoms with Gasteiger partial charge in [-0.25, -0.2) is 0 Å². The number of carbonyl (C=O) groups is 2. The van der Waals surface area contributed by atoms with Gasteiger partial charge in [-0.15, -0.1) is 0 Å². The molecule has 0 heterocycles. The summed E-state index contributed by atoms with van der Waals surface area (Å²) in [5, 5.41) is 2.48. The number of nitrogens with one attached hydrogen (secondary N) is 1. The van der Waals surface area contributed by atoms with Crippen molar-refractivity contribution in [1.29, 1.82) is 0 Å². The molecule has 0 aliphatic carbocycles. The largest absolute Gasteiger partial charge is 0.296 e. The lowest BCUT2D eigenvalue weighted by atomic mass is 10.1. The normalized spacial score (nSPS) is 10.4. The summed E-state index contributed by atoms with van der Waals surface area (Å²) in [6.45, 7) is 4.35. The molecule has 0 aliphatic rings. The Morgan fingerprint density at radius 3 is 1.37 bits per heavy atom. The van der Waals surface area contributed by atoms with Crippen LogP contribution in [0.4, 0.5) is 0 Å². The Hall–Kier alpha value is -0.860. The lowest BCUT2D eigenvalue weighted by molar-refractivity contribution is -0.130. The maximum Gasteiger partial charge on any atom is 0.226 e. The van der Waals surface area contributed by atoms with Gasteiger partial charge in [-0.2, -0.15) is 0 Å². The second-order valence-electron chi connectivity index (χ2n) is 5.30. The minimum Gasteiger partial charge on any atom is -0.296 e. The highest BCUT2D eigenvalue weighted by Gasteiger charge is 2.06. The van der Waals surface area contributed by atoms with Gasteiger partial charge >= 0.3 is 0 Å². The lowest BCUT2D eigenvalue weighted by Gasteiger charge is -2.04. The molecule has 0 radical (unpaired) electrons. The van der Waals surface area contributed by atoms with Crippen molar-refractivity contribution in [1.82, 2.24) is 5.32 Å². The smallest absolute Gasteiger partial charge is 0.226 e. The maximum absolute atomic E-state index is 11.5. The molecular weight excluding hydrogens is 238 g/mol. The molecule has 0 saturated carbocycles. The third-order valence-electron chi connectivity index (χ3n) is 3.29. The van der Waals surface area contributed by atoms with E-state index < -0.39 is 0 Å². The van der Waals surface area contributed by atoms with Crippen molar-refractivity contribution < 1.29 is 9.59 Å². The van der Waals surface area contributed by atoms with Crippen LogP contribution < -0.4 is 5.32 Å². The molecule has 0 aromatic carbocycles. The van der Waals surface area contributed by atoms with E-state index in [4.69, 9.17) is 0 Å². The first kappa shape index (κ1) is 18.1. The number of amides is 2. The standard InChI is InChI=1S/C16H31NO2/c1-3-5-7-9-11-13-15(18)17-16(19)14-12-10-8-6-4-2/h3-14H2,1-2H3,(H,17,18,19). The fourth-order valence-electron chi connectivity index (χ4n) is 2.06. The minimum absolute atomic E-state index is 0.102. The van der Waals surface area contributed by atoms with E-state index in [0.717, 1.165) is 25.7 Å². The second kappa shape index (κ2) is 13.6. The van der Waals surface area contributed by atoms with Gasteiger partial charge in [0.1, 0.15) is 0 Å². The van der Waals surface area contributed by atoms with Gasteiger partial charge in [-0.3, -0.25) is 14.9 Å². The van der Waals surface area contributed by atoms with Gasteiger partial charge in [0.2, 0.25) is 11.8 Å². The lowest BCUT2D eigenvalue weighted by Crippen LogP contribution is -2.29. The maximum atomic E-state index is 11.5. The molecule has 0 unspecified atom stereocenters. The Bertz CT molecular complexity index is 215. The van der Waals surface area contributed by atoms with Crippen LogP contribution in [-0.2, 0) is 9.59 Å². The first-order chi connectivity index (χ1) is 9.20. The van der Waals surface area contributed by atoms with Gasteiger partial charge in [0.15, 0.2) is 0 Å². The number of hydrogen-bond acceptors (Lipinski definition) is 2. The van der Waals surface area contributed by atoms with Crippen LogP contribution in [0.1, 0.15) is 90.9 Å². The topological polar surface area (TPSA) is 46.2 Å². The van der Waals surface area contributed by atoms with Gasteiger partial charge in [0, 0.05) is 12.8 Å². The minimum atomic E-state index is -0.102. The van der Waals surface area contributed by atoms with Crippen molar-refractivity contribution in [2.75, 3.05) is 0 Å². The van der Waals surface area contributed by atoms with Crippen LogP contribution in [0.5, 0.6) is 0 Å². The zero-order chi connectivity index (χ0) is 14.3. The summed E-state index contributed by atoms with van der Waals surface area (Å²) in [4.78, 5) is 23.0. The molecule has 0 saturated heterocycles. The summed E-state index contributed by atoms with van der Waals surface area (Å²) < 4.78 is 0. The van der Waals surface area contributed by atoms with E-state index in [9.17, 15) is 9.59 Å². The average molecular weight is 269 g/mol. The summed E-state index contributed by atoms with van der Waals surface area (Å²) in [6, 6.07) is 0. The zero-order valence-electron chi connectivity index (χ0n) is 12.8. The van der Waals surface area contributed by atoms with E-state index in [1.807, 2.05) is 0 Å². The average Bonchev–Trinajstić information content (AvgIpc) is 2.38. The predicted octanol–water partition coefficient (Wildman–Crippen LogP) is 4.35. The molecule has 0 aliphatic heterocycles. The van der Waals surface area contributed by atoms with E-state index in [1.54, 1.807) is 0 Å². The number of unbranched alkanes of at least 4 members (excludes halogenated alkanes) is 8. The molecule has 3 nitrogen and oxygen atoms in total. The quantitative estimate of drug-likeness (QED) is 0.535. The third kappa shape index (κ3) is 13.4. The first-order valence-electron chi connectivity index (χ1n) is 8.03. The zero-order valence-corrected chi connectivity index (χ0v) is 12.8. The van der Waals surface area contributed by atoms with Crippen LogP contribution in [0.3, 0.4) is 0 Å². The van der Waals surface area contributed by atoms with Crippen molar-refractivity contribution in [2.24, 2.45) is 0 Å². The highest BCUT2D eigenvalue weighted by molar-refractivity contribution is 5.95. The second-order valence-corrected chi connectivity index (χ2v) is 5.30. The summed E-state index contributed by atoms with van der Waals surface area (Å²) in [7, 11) is 0. The summed E-state index contributed by atoms with van der Waals surface area (Å²) in [5.74, 6) is -0.204. The van der Waals surface area contributed by atoms with E-state index in [0.29, 0.717) is 12.8 Å². The molecular formula is C16H31NO2. The van der Waals surface area contributed by atoms with Crippen LogP contribution in [0.25, 0.3) is 0 Å². The highest BCUT2D eigenvalue weighted by Crippen LogP contribution is 2.06. The predicted molar refractivity (Wildman–Crippen MR) is 79.9 cm³/mol. The Balaban J connectivity index is 3.40. The Labute approximate surface area is 118 Å². The Kier molecular flexibility index (Phi) is 13.0. The third-order valence-corrected chi connectivity index (χ3v) is 3.29. The Morgan fingerprint density at radius 1 is 0.632 bits per heavy atom. The molecule has 0 atom stereocenters. The van der Waals surface area contributed by atoms with Crippen LogP contribution in [0.15, 0.2) is 0 Å². The monoisotopic (exact) mass is 269 g/mol. The van der Waals surface area contributed by atoms with Gasteiger partial charge in [-0.05, 0) is 12.8 Å². The number of carbonyl (C=O) groups excluding carboxylic acids is 2. The van der Waals surface area contributed by atoms with Crippen LogP contribution in [0.2, 0.25) is 0 Å². The van der Waals surface area contributed by atoms with Crippen molar-refractivity contribution in [3.05, 3.63) is 0 Å². The molecule has 2 amide bonds. The highest BCUT2D eigenvalue weighted by atomic mass is 16.2. The summed E-state index contributed by atoms with van der Waals surface area (Å²) >= 11 is 0. The fraction of sp³-hybridized carbons (Fsp3) is 0.875. The van der Waals surface area contributed by atoms with E-state index >= 15 is 0 Å². The van der Waals surface area contributed by atoms with Crippen LogP contribution in [0, 0.1) is 0 Å². The van der Waals surface area contributed by atoms with E-state index in [1.165, 1.54) is 38.5 Å². The molecule has 0 bridgehead atoms. The molecule has 3 heteroatoms. The van der Waals surface area contributed by atoms with Crippen LogP contribution >= 0.6 is 0 Å². The van der Waals surface area contributed by atoms with Crippen molar-refractivity contribution >= 4 is 11.8 Å². The van der Waals surface area contributed by atoms with E-state index in [2.05, 4.69) is 19.2 Å². The fourth-order valence-corrected chi connectivity index (χ4v) is 2.06. The van der Waals surface area contributed by atoms with Crippen molar-refractivity contribution in [2.45, 2.75) is 90.9 Å². The summed E-state index contributed by atoms with van der Waals surface area (Å²) in [5.41, 5.74) is 0. The van der Waals surface area contributed by atoms with Gasteiger partial charge in [0.05, 0.1) is 0 Å². The number of rotatable bonds is 12. The number of hydrogen-bond donors (Lipinski definition) is 1. The Morgan fingerprint density at radius 2 is 1.00 bits per heavy atom. The molecule has 0 aromatic heterocycles. The van der Waals surface area contributed by atoms with Gasteiger partial charge in [0.25, 0.3) is 0 Å². The molecule has 0 aromatic rings. The molecule has 0 spiro atoms. The van der Waals surface area contributed by atoms with Crippen molar-refractivity contribution in [3.63, 3.8) is 0 Å². The molecule has 112 valence electrons.